The van der Waals surface area contributed by atoms with Crippen LogP contribution in [0.3, 0.4) is 0 Å². The Hall–Kier alpha value is -3.70. The monoisotopic (exact) mass is 371 g/mol. The van der Waals surface area contributed by atoms with Crippen molar-refractivity contribution >= 4 is 29.7 Å². The molecule has 0 amide bonds. The van der Waals surface area contributed by atoms with Gasteiger partial charge in [0.05, 0.1) is 5.69 Å². The van der Waals surface area contributed by atoms with Crippen LogP contribution >= 0.6 is 0 Å². The Kier molecular flexibility index (Phi) is 7.05. The minimum absolute atomic E-state index is 0.0916. The molecule has 2 aromatic rings. The second-order valence-corrected chi connectivity index (χ2v) is 5.07. The zero-order chi connectivity index (χ0) is 19.6. The summed E-state index contributed by atoms with van der Waals surface area (Å²) in [5.74, 6) is -0.371. The van der Waals surface area contributed by atoms with E-state index in [9.17, 15) is 22.8 Å². The molecule has 0 aromatic heterocycles. The minimum atomic E-state index is -2.54. The van der Waals surface area contributed by atoms with Crippen LogP contribution in [0.15, 0.2) is 77.8 Å². The lowest BCUT2D eigenvalue weighted by atomic mass is 10.1. The molecule has 0 aliphatic carbocycles. The average molecular weight is 371 g/mol. The number of carbonyl (C=O) groups excluding carboxylic acids is 2. The zero-order valence-electron chi connectivity index (χ0n) is 13.7. The Labute approximate surface area is 152 Å². The fraction of sp³-hybridized carbons (Fsp3) is 0. The predicted octanol–water partition coefficient (Wildman–Crippen LogP) is 5.36. The molecule has 136 valence electrons. The van der Waals surface area contributed by atoms with Crippen molar-refractivity contribution in [2.45, 2.75) is 0 Å². The molecule has 27 heavy (non-hydrogen) atoms. The molecule has 0 saturated heterocycles. The molecule has 0 atom stereocenters. The normalized spacial score (nSPS) is 10.6. The first-order chi connectivity index (χ1) is 13.0. The smallest absolute Gasteiger partial charge is 0.344 e. The van der Waals surface area contributed by atoms with Gasteiger partial charge in [-0.15, -0.1) is 0 Å². The number of halogens is 3. The number of rotatable bonds is 7. The number of benzene rings is 2. The van der Waals surface area contributed by atoms with Gasteiger partial charge in [-0.3, -0.25) is 4.79 Å². The first-order valence-corrected chi connectivity index (χ1v) is 7.54. The van der Waals surface area contributed by atoms with Crippen LogP contribution in [0.5, 0.6) is 5.75 Å². The van der Waals surface area contributed by atoms with Gasteiger partial charge in [-0.25, -0.2) is 4.79 Å². The van der Waals surface area contributed by atoms with Crippen molar-refractivity contribution in [2.24, 2.45) is 4.99 Å². The van der Waals surface area contributed by atoms with E-state index in [2.05, 4.69) is 9.73 Å². The number of hydrogen-bond donors (Lipinski definition) is 0. The molecule has 0 spiro atoms. The molecule has 2 aromatic carbocycles. The quantitative estimate of drug-likeness (QED) is 0.285. The Morgan fingerprint density at radius 3 is 1.89 bits per heavy atom. The lowest BCUT2D eigenvalue weighted by Crippen LogP contribution is -1.90. The van der Waals surface area contributed by atoms with Gasteiger partial charge in [0.1, 0.15) is 5.75 Å². The molecule has 0 bridgehead atoms. The third-order valence-electron chi connectivity index (χ3n) is 3.18. The van der Waals surface area contributed by atoms with Crippen LogP contribution in [0.4, 0.5) is 18.9 Å². The first kappa shape index (κ1) is 19.6. The lowest BCUT2D eigenvalue weighted by molar-refractivity contribution is -0.110. The van der Waals surface area contributed by atoms with Crippen molar-refractivity contribution in [3.8, 4) is 5.75 Å². The van der Waals surface area contributed by atoms with Crippen LogP contribution < -0.4 is 4.74 Å². The summed E-state index contributed by atoms with van der Waals surface area (Å²) in [4.78, 5) is 25.4. The van der Waals surface area contributed by atoms with Crippen molar-refractivity contribution < 1.29 is 27.5 Å². The Morgan fingerprint density at radius 2 is 1.41 bits per heavy atom. The zero-order valence-corrected chi connectivity index (χ0v) is 13.7. The topological polar surface area (TPSA) is 55.7 Å². The van der Waals surface area contributed by atoms with E-state index in [0.717, 1.165) is 5.56 Å². The maximum absolute atomic E-state index is 12.7. The molecule has 2 rings (SSSR count). The highest BCUT2D eigenvalue weighted by molar-refractivity contribution is 6.04. The molecular formula is C20H12F3NO3. The Bertz CT molecular complexity index is 935. The molecule has 0 aliphatic rings. The van der Waals surface area contributed by atoms with Gasteiger partial charge < -0.3 is 4.74 Å². The molecule has 4 nitrogen and oxygen atoms in total. The largest absolute Gasteiger partial charge is 0.428 e. The van der Waals surface area contributed by atoms with Crippen molar-refractivity contribution in [2.75, 3.05) is 0 Å². The van der Waals surface area contributed by atoms with Crippen molar-refractivity contribution in [1.82, 2.24) is 0 Å². The van der Waals surface area contributed by atoms with Crippen molar-refractivity contribution in [3.63, 3.8) is 0 Å². The third-order valence-corrected chi connectivity index (χ3v) is 3.18. The summed E-state index contributed by atoms with van der Waals surface area (Å²) in [6.07, 6.45) is 4.68. The number of nitrogens with zero attached hydrogens (tertiary/aromatic N) is 1. The van der Waals surface area contributed by atoms with Gasteiger partial charge in [0.2, 0.25) is 6.08 Å². The molecule has 0 aliphatic heterocycles. The first-order valence-electron chi connectivity index (χ1n) is 7.54. The van der Waals surface area contributed by atoms with Gasteiger partial charge in [-0.2, -0.15) is 18.2 Å². The summed E-state index contributed by atoms with van der Waals surface area (Å²) in [5, 5.41) is 0. The van der Waals surface area contributed by atoms with E-state index in [1.54, 1.807) is 30.3 Å². The molecule has 0 heterocycles. The summed E-state index contributed by atoms with van der Waals surface area (Å²) >= 11 is 0. The highest BCUT2D eigenvalue weighted by atomic mass is 19.3. The lowest BCUT2D eigenvalue weighted by Gasteiger charge is -2.01. The van der Waals surface area contributed by atoms with Crippen LogP contribution in [0, 0.1) is 0 Å². The van der Waals surface area contributed by atoms with Gasteiger partial charge in [0.15, 0.2) is 5.78 Å². The van der Waals surface area contributed by atoms with Crippen LogP contribution in [-0.2, 0) is 9.59 Å². The van der Waals surface area contributed by atoms with Gasteiger partial charge in [0.25, 0.3) is 0 Å². The fourth-order valence-corrected chi connectivity index (χ4v) is 1.91. The maximum atomic E-state index is 12.7. The number of ether oxygens (including phenoxy) is 1. The fourth-order valence-electron chi connectivity index (χ4n) is 1.91. The SMILES string of the molecule is O=C=Nc1ccc(/C=C/C(=O)/C=C/c2ccc(OC(F)=C(F)F)cc2)cc1. The average Bonchev–Trinajstić information content (AvgIpc) is 2.67. The van der Waals surface area contributed by atoms with Gasteiger partial charge in [0, 0.05) is 0 Å². The standard InChI is InChI=1S/C20H12F3NO3/c21-19(22)20(23)27-18-11-5-15(6-12-18)4-10-17(26)9-3-14-1-7-16(8-2-14)24-13-25/h1-12H/b9-3+,10-4+. The Morgan fingerprint density at radius 1 is 0.889 bits per heavy atom. The summed E-state index contributed by atoms with van der Waals surface area (Å²) < 4.78 is 40.9. The van der Waals surface area contributed by atoms with Crippen molar-refractivity contribution in [3.05, 3.63) is 83.9 Å². The van der Waals surface area contributed by atoms with Crippen LogP contribution in [0.1, 0.15) is 11.1 Å². The highest BCUT2D eigenvalue weighted by Crippen LogP contribution is 2.19. The van der Waals surface area contributed by atoms with Crippen LogP contribution in [-0.4, -0.2) is 11.9 Å². The van der Waals surface area contributed by atoms with Crippen molar-refractivity contribution in [1.29, 1.82) is 0 Å². The van der Waals surface area contributed by atoms with Gasteiger partial charge in [-0.05, 0) is 47.5 Å². The predicted molar refractivity (Wildman–Crippen MR) is 94.7 cm³/mol. The van der Waals surface area contributed by atoms with E-state index in [4.69, 9.17) is 0 Å². The van der Waals surface area contributed by atoms with E-state index >= 15 is 0 Å². The van der Waals surface area contributed by atoms with Gasteiger partial charge in [-0.1, -0.05) is 36.4 Å². The van der Waals surface area contributed by atoms with E-state index in [1.807, 2.05) is 0 Å². The second-order valence-electron chi connectivity index (χ2n) is 5.07. The summed E-state index contributed by atoms with van der Waals surface area (Å²) in [6, 6.07) is 10.2. The van der Waals surface area contributed by atoms with Gasteiger partial charge >= 0.3 is 12.1 Å². The van der Waals surface area contributed by atoms with Crippen LogP contribution in [0.25, 0.3) is 12.2 Å². The summed E-state index contributed by atoms with van der Waals surface area (Å²) in [6.45, 7) is 0. The number of allylic oxidation sites excluding steroid dienone is 2. The minimum Gasteiger partial charge on any atom is -0.428 e. The van der Waals surface area contributed by atoms with Crippen LogP contribution in [0.2, 0.25) is 0 Å². The molecule has 0 unspecified atom stereocenters. The highest BCUT2D eigenvalue weighted by Gasteiger charge is 2.07. The number of isocyanates is 1. The molecule has 0 radical (unpaired) electrons. The number of aliphatic imine (C=N–C) groups is 1. The molecule has 0 fully saturated rings. The maximum Gasteiger partial charge on any atom is 0.344 e. The number of hydrogen-bond acceptors (Lipinski definition) is 4. The Balaban J connectivity index is 1.95. The molecular weight excluding hydrogens is 359 g/mol. The molecule has 0 N–H and O–H groups in total. The molecule has 7 heteroatoms. The molecule has 0 saturated carbocycles. The number of carbonyl (C=O) groups is 1. The second kappa shape index (κ2) is 9.70. The third kappa shape index (κ3) is 6.61. The number of ketones is 1. The van der Waals surface area contributed by atoms with E-state index in [1.165, 1.54) is 48.6 Å². The summed E-state index contributed by atoms with van der Waals surface area (Å²) in [7, 11) is 0. The van der Waals surface area contributed by atoms with E-state index in [-0.39, 0.29) is 11.5 Å². The summed E-state index contributed by atoms with van der Waals surface area (Å²) in [5.41, 5.74) is 1.81. The van der Waals surface area contributed by atoms with E-state index < -0.39 is 12.1 Å². The van der Waals surface area contributed by atoms with E-state index in [0.29, 0.717) is 11.3 Å².